The van der Waals surface area contributed by atoms with Crippen molar-refractivity contribution < 1.29 is 19.4 Å². The normalized spacial score (nSPS) is 17.4. The molecule has 0 aliphatic carbocycles. The highest BCUT2D eigenvalue weighted by Crippen LogP contribution is 2.27. The molecule has 0 bridgehead atoms. The lowest BCUT2D eigenvalue weighted by molar-refractivity contribution is -0.137. The molecule has 2 aromatic rings. The van der Waals surface area contributed by atoms with E-state index in [-0.39, 0.29) is 30.7 Å². The van der Waals surface area contributed by atoms with Crippen LogP contribution in [0.4, 0.5) is 0 Å². The Morgan fingerprint density at radius 2 is 2.31 bits per heavy atom. The minimum atomic E-state index is -0.884. The van der Waals surface area contributed by atoms with E-state index in [0.29, 0.717) is 30.7 Å². The lowest BCUT2D eigenvalue weighted by atomic mass is 10.3. The second-order valence-corrected chi connectivity index (χ2v) is 7.78. The smallest absolute Gasteiger partial charge is 0.305 e. The zero-order valence-corrected chi connectivity index (χ0v) is 16.0. The number of hydrogen-bond donors (Lipinski definition) is 1. The molecule has 3 rings (SSSR count). The average Bonchev–Trinajstić information content (AvgIpc) is 3.27. The SMILES string of the molecule is C[C@@H]1CN(C(=O)CSc2nnc(-c3cccs3)n2CCC(=O)O)CCO1. The summed E-state index contributed by atoms with van der Waals surface area (Å²) in [5.74, 6) is 0.0134. The topological polar surface area (TPSA) is 97.6 Å². The highest BCUT2D eigenvalue weighted by Gasteiger charge is 2.23. The van der Waals surface area contributed by atoms with Gasteiger partial charge in [0.2, 0.25) is 5.91 Å². The molecule has 10 heteroatoms. The zero-order chi connectivity index (χ0) is 18.5. The summed E-state index contributed by atoms with van der Waals surface area (Å²) in [5, 5.41) is 19.9. The second kappa shape index (κ2) is 8.65. The Balaban J connectivity index is 1.70. The molecule has 0 radical (unpaired) electrons. The molecule has 140 valence electrons. The van der Waals surface area contributed by atoms with E-state index in [1.54, 1.807) is 9.47 Å². The van der Waals surface area contributed by atoms with Gasteiger partial charge in [-0.05, 0) is 18.4 Å². The van der Waals surface area contributed by atoms with Crippen LogP contribution >= 0.6 is 23.1 Å². The molecule has 3 heterocycles. The van der Waals surface area contributed by atoms with E-state index in [1.807, 2.05) is 24.4 Å². The maximum atomic E-state index is 12.4. The number of rotatable bonds is 7. The largest absolute Gasteiger partial charge is 0.481 e. The number of aliphatic carboxylic acids is 1. The van der Waals surface area contributed by atoms with E-state index in [0.717, 1.165) is 4.88 Å². The van der Waals surface area contributed by atoms with Crippen molar-refractivity contribution in [2.75, 3.05) is 25.4 Å². The molecule has 0 spiro atoms. The van der Waals surface area contributed by atoms with Crippen molar-refractivity contribution in [2.45, 2.75) is 31.1 Å². The van der Waals surface area contributed by atoms with E-state index in [4.69, 9.17) is 9.84 Å². The van der Waals surface area contributed by atoms with Gasteiger partial charge >= 0.3 is 5.97 Å². The molecule has 1 aliphatic heterocycles. The third kappa shape index (κ3) is 4.63. The van der Waals surface area contributed by atoms with E-state index < -0.39 is 5.97 Å². The van der Waals surface area contributed by atoms with E-state index in [2.05, 4.69) is 10.2 Å². The first-order chi connectivity index (χ1) is 12.5. The van der Waals surface area contributed by atoms with Crippen LogP contribution in [0.25, 0.3) is 10.7 Å². The molecule has 0 saturated carbocycles. The van der Waals surface area contributed by atoms with Gasteiger partial charge in [0.25, 0.3) is 0 Å². The average molecular weight is 396 g/mol. The van der Waals surface area contributed by atoms with Crippen LogP contribution in [0.15, 0.2) is 22.7 Å². The number of hydrogen-bond acceptors (Lipinski definition) is 7. The first kappa shape index (κ1) is 18.9. The van der Waals surface area contributed by atoms with Crippen LogP contribution in [0.1, 0.15) is 13.3 Å². The number of carbonyl (C=O) groups is 2. The van der Waals surface area contributed by atoms with E-state index in [1.165, 1.54) is 23.1 Å². The summed E-state index contributed by atoms with van der Waals surface area (Å²) in [7, 11) is 0. The molecule has 1 saturated heterocycles. The van der Waals surface area contributed by atoms with Gasteiger partial charge in [-0.2, -0.15) is 0 Å². The van der Waals surface area contributed by atoms with Crippen molar-refractivity contribution in [3.8, 4) is 10.7 Å². The van der Waals surface area contributed by atoms with Gasteiger partial charge in [0.05, 0.1) is 29.8 Å². The molecular weight excluding hydrogens is 376 g/mol. The molecular formula is C16H20N4O4S2. The van der Waals surface area contributed by atoms with Crippen LogP contribution in [0.5, 0.6) is 0 Å². The number of nitrogens with zero attached hydrogens (tertiary/aromatic N) is 4. The van der Waals surface area contributed by atoms with Gasteiger partial charge < -0.3 is 19.3 Å². The summed E-state index contributed by atoms with van der Waals surface area (Å²) in [5.41, 5.74) is 0. The summed E-state index contributed by atoms with van der Waals surface area (Å²) in [6.07, 6.45) is 0.0150. The molecule has 1 amide bonds. The number of aromatic nitrogens is 3. The number of carboxylic acid groups (broad SMARTS) is 1. The lowest BCUT2D eigenvalue weighted by Crippen LogP contribution is -2.45. The van der Waals surface area contributed by atoms with Crippen molar-refractivity contribution in [3.63, 3.8) is 0 Å². The summed E-state index contributed by atoms with van der Waals surface area (Å²) in [4.78, 5) is 26.1. The third-order valence-electron chi connectivity index (χ3n) is 3.93. The monoisotopic (exact) mass is 396 g/mol. The van der Waals surface area contributed by atoms with Crippen LogP contribution in [0, 0.1) is 0 Å². The molecule has 1 N–H and O–H groups in total. The summed E-state index contributed by atoms with van der Waals surface area (Å²) in [6, 6.07) is 3.83. The molecule has 26 heavy (non-hydrogen) atoms. The summed E-state index contributed by atoms with van der Waals surface area (Å²) in [6.45, 7) is 3.94. The van der Waals surface area contributed by atoms with Crippen molar-refractivity contribution in [3.05, 3.63) is 17.5 Å². The first-order valence-electron chi connectivity index (χ1n) is 8.25. The number of carboxylic acids is 1. The Kier molecular flexibility index (Phi) is 6.28. The van der Waals surface area contributed by atoms with Gasteiger partial charge in [-0.3, -0.25) is 9.59 Å². The van der Waals surface area contributed by atoms with Crippen LogP contribution < -0.4 is 0 Å². The van der Waals surface area contributed by atoms with Gasteiger partial charge in [-0.25, -0.2) is 0 Å². The fourth-order valence-electron chi connectivity index (χ4n) is 2.66. The molecule has 1 fully saturated rings. The Morgan fingerprint density at radius 3 is 3.00 bits per heavy atom. The minimum Gasteiger partial charge on any atom is -0.481 e. The van der Waals surface area contributed by atoms with E-state index >= 15 is 0 Å². The summed E-state index contributed by atoms with van der Waals surface area (Å²) >= 11 is 2.80. The number of amides is 1. The van der Waals surface area contributed by atoms with Crippen LogP contribution in [0.3, 0.4) is 0 Å². The molecule has 2 aromatic heterocycles. The molecule has 0 unspecified atom stereocenters. The van der Waals surface area contributed by atoms with Crippen molar-refractivity contribution in [1.82, 2.24) is 19.7 Å². The fourth-order valence-corrected chi connectivity index (χ4v) is 4.24. The van der Waals surface area contributed by atoms with Crippen molar-refractivity contribution in [2.24, 2.45) is 0 Å². The van der Waals surface area contributed by atoms with Crippen LogP contribution in [0.2, 0.25) is 0 Å². The Labute approximate surface area is 159 Å². The van der Waals surface area contributed by atoms with Gasteiger partial charge in [0.15, 0.2) is 11.0 Å². The highest BCUT2D eigenvalue weighted by molar-refractivity contribution is 7.99. The third-order valence-corrected chi connectivity index (χ3v) is 5.74. The van der Waals surface area contributed by atoms with E-state index in [9.17, 15) is 9.59 Å². The number of morpholine rings is 1. The quantitative estimate of drug-likeness (QED) is 0.713. The maximum absolute atomic E-state index is 12.4. The molecule has 0 aromatic carbocycles. The maximum Gasteiger partial charge on any atom is 0.305 e. The predicted octanol–water partition coefficient (Wildman–Crippen LogP) is 1.82. The Morgan fingerprint density at radius 1 is 1.46 bits per heavy atom. The van der Waals surface area contributed by atoms with Gasteiger partial charge in [0.1, 0.15) is 0 Å². The summed E-state index contributed by atoms with van der Waals surface area (Å²) < 4.78 is 7.24. The van der Waals surface area contributed by atoms with Gasteiger partial charge in [-0.1, -0.05) is 17.8 Å². The predicted molar refractivity (Wildman–Crippen MR) is 98.3 cm³/mol. The van der Waals surface area contributed by atoms with Crippen molar-refractivity contribution in [1.29, 1.82) is 0 Å². The van der Waals surface area contributed by atoms with Crippen LogP contribution in [-0.2, 0) is 20.9 Å². The molecule has 1 atom stereocenters. The minimum absolute atomic E-state index is 0.0237. The number of thiophene rings is 1. The first-order valence-corrected chi connectivity index (χ1v) is 10.1. The number of thioether (sulfide) groups is 1. The Hall–Kier alpha value is -1.91. The number of ether oxygens (including phenoxy) is 1. The van der Waals surface area contributed by atoms with Crippen LogP contribution in [-0.4, -0.2) is 68.2 Å². The lowest BCUT2D eigenvalue weighted by Gasteiger charge is -2.31. The fraction of sp³-hybridized carbons (Fsp3) is 0.500. The number of carbonyl (C=O) groups excluding carboxylic acids is 1. The van der Waals surface area contributed by atoms with Gasteiger partial charge in [-0.15, -0.1) is 21.5 Å². The second-order valence-electron chi connectivity index (χ2n) is 5.89. The molecule has 1 aliphatic rings. The zero-order valence-electron chi connectivity index (χ0n) is 14.3. The van der Waals surface area contributed by atoms with Crippen molar-refractivity contribution >= 4 is 35.0 Å². The molecule has 8 nitrogen and oxygen atoms in total. The van der Waals surface area contributed by atoms with Gasteiger partial charge in [0, 0.05) is 19.6 Å². The highest BCUT2D eigenvalue weighted by atomic mass is 32.2. The Bertz CT molecular complexity index is 762. The standard InChI is InChI=1S/C16H20N4O4S2/c1-11-9-19(6-7-24-11)13(21)10-26-16-18-17-15(12-3-2-8-25-12)20(16)5-4-14(22)23/h2-3,8,11H,4-7,9-10H2,1H3,(H,22,23)/t11-/m1/s1.